The Labute approximate surface area is 114 Å². The molecular formula is C14H21N5. The number of aromatic nitrogens is 4. The van der Waals surface area contributed by atoms with E-state index in [1.165, 1.54) is 5.56 Å². The Hall–Kier alpha value is -1.75. The highest BCUT2D eigenvalue weighted by Crippen LogP contribution is 2.19. The summed E-state index contributed by atoms with van der Waals surface area (Å²) in [5.41, 5.74) is 2.39. The van der Waals surface area contributed by atoms with Crippen molar-refractivity contribution >= 4 is 0 Å². The third-order valence-electron chi connectivity index (χ3n) is 3.37. The molecule has 0 aliphatic carbocycles. The summed E-state index contributed by atoms with van der Waals surface area (Å²) in [4.78, 5) is 8.88. The van der Waals surface area contributed by atoms with Gasteiger partial charge < -0.3 is 5.32 Å². The summed E-state index contributed by atoms with van der Waals surface area (Å²) in [6.45, 7) is 5.07. The van der Waals surface area contributed by atoms with Crippen molar-refractivity contribution in [3.05, 3.63) is 41.7 Å². The fourth-order valence-electron chi connectivity index (χ4n) is 2.29. The molecule has 2 aromatic heterocycles. The zero-order chi connectivity index (χ0) is 13.7. The number of rotatable bonds is 6. The Morgan fingerprint density at radius 1 is 1.32 bits per heavy atom. The van der Waals surface area contributed by atoms with Crippen molar-refractivity contribution in [1.29, 1.82) is 0 Å². The lowest BCUT2D eigenvalue weighted by atomic mass is 10.0. The minimum Gasteiger partial charge on any atom is -0.311 e. The average Bonchev–Trinajstić information content (AvgIpc) is 2.92. The van der Waals surface area contributed by atoms with E-state index in [0.29, 0.717) is 0 Å². The molecule has 0 aromatic carbocycles. The lowest BCUT2D eigenvalue weighted by molar-refractivity contribution is 0.521. The standard InChI is InChI=1S/C14H21N5/c1-4-11-7-6-8-16-14(11)12(15-3)9-13-17-10-18-19(13)5-2/h6-8,10,12,15H,4-5,9H2,1-3H3. The van der Waals surface area contributed by atoms with Crippen LogP contribution in [0.1, 0.15) is 37.0 Å². The molecule has 0 amide bonds. The molecular weight excluding hydrogens is 238 g/mol. The average molecular weight is 259 g/mol. The van der Waals surface area contributed by atoms with Gasteiger partial charge in [-0.2, -0.15) is 5.10 Å². The number of hydrogen-bond acceptors (Lipinski definition) is 4. The van der Waals surface area contributed by atoms with Crippen LogP contribution in [0.3, 0.4) is 0 Å². The Bertz CT molecular complexity index is 520. The first-order valence-corrected chi connectivity index (χ1v) is 6.77. The molecule has 0 aliphatic heterocycles. The molecule has 19 heavy (non-hydrogen) atoms. The van der Waals surface area contributed by atoms with Crippen molar-refractivity contribution in [3.63, 3.8) is 0 Å². The van der Waals surface area contributed by atoms with E-state index in [-0.39, 0.29) is 6.04 Å². The second kappa shape index (κ2) is 6.43. The number of nitrogens with zero attached hydrogens (tertiary/aromatic N) is 4. The second-order valence-electron chi connectivity index (χ2n) is 4.44. The van der Waals surface area contributed by atoms with E-state index >= 15 is 0 Å². The summed E-state index contributed by atoms with van der Waals surface area (Å²) in [5, 5.41) is 7.55. The molecule has 5 nitrogen and oxygen atoms in total. The topological polar surface area (TPSA) is 55.6 Å². The Kier molecular flexibility index (Phi) is 4.63. The smallest absolute Gasteiger partial charge is 0.138 e. The molecule has 1 atom stereocenters. The fraction of sp³-hybridized carbons (Fsp3) is 0.500. The van der Waals surface area contributed by atoms with Gasteiger partial charge in [0.2, 0.25) is 0 Å². The van der Waals surface area contributed by atoms with E-state index in [1.54, 1.807) is 6.33 Å². The molecule has 1 N–H and O–H groups in total. The maximum atomic E-state index is 4.54. The van der Waals surface area contributed by atoms with Gasteiger partial charge in [-0.15, -0.1) is 0 Å². The highest BCUT2D eigenvalue weighted by Gasteiger charge is 2.17. The monoisotopic (exact) mass is 259 g/mol. The van der Waals surface area contributed by atoms with Crippen LogP contribution in [0.5, 0.6) is 0 Å². The van der Waals surface area contributed by atoms with Crippen LogP contribution in [0, 0.1) is 0 Å². The van der Waals surface area contributed by atoms with Gasteiger partial charge in [0.15, 0.2) is 0 Å². The summed E-state index contributed by atoms with van der Waals surface area (Å²) < 4.78 is 1.93. The third-order valence-corrected chi connectivity index (χ3v) is 3.37. The summed E-state index contributed by atoms with van der Waals surface area (Å²) >= 11 is 0. The molecule has 0 fully saturated rings. The maximum Gasteiger partial charge on any atom is 0.138 e. The van der Waals surface area contributed by atoms with Gasteiger partial charge in [0, 0.05) is 19.2 Å². The van der Waals surface area contributed by atoms with Gasteiger partial charge in [0.1, 0.15) is 12.2 Å². The van der Waals surface area contributed by atoms with Crippen molar-refractivity contribution in [1.82, 2.24) is 25.1 Å². The summed E-state index contributed by atoms with van der Waals surface area (Å²) in [7, 11) is 1.96. The zero-order valence-corrected chi connectivity index (χ0v) is 11.8. The Morgan fingerprint density at radius 2 is 2.16 bits per heavy atom. The van der Waals surface area contributed by atoms with Crippen molar-refractivity contribution < 1.29 is 0 Å². The van der Waals surface area contributed by atoms with Crippen LogP contribution in [-0.4, -0.2) is 26.8 Å². The predicted octanol–water partition coefficient (Wildman–Crippen LogP) is 1.76. The first kappa shape index (κ1) is 13.7. The van der Waals surface area contributed by atoms with E-state index in [4.69, 9.17) is 0 Å². The van der Waals surface area contributed by atoms with E-state index in [2.05, 4.69) is 40.3 Å². The van der Waals surface area contributed by atoms with E-state index in [1.807, 2.05) is 24.0 Å². The third kappa shape index (κ3) is 2.98. The summed E-state index contributed by atoms with van der Waals surface area (Å²) in [5.74, 6) is 0.995. The molecule has 0 radical (unpaired) electrons. The van der Waals surface area contributed by atoms with Crippen LogP contribution < -0.4 is 5.32 Å². The van der Waals surface area contributed by atoms with Crippen molar-refractivity contribution in [2.75, 3.05) is 7.05 Å². The molecule has 2 aromatic rings. The summed E-state index contributed by atoms with van der Waals surface area (Å²) in [6, 6.07) is 4.30. The van der Waals surface area contributed by atoms with Crippen LogP contribution in [0.25, 0.3) is 0 Å². The van der Waals surface area contributed by atoms with E-state index < -0.39 is 0 Å². The number of pyridine rings is 1. The van der Waals surface area contributed by atoms with Crippen LogP contribution in [0.2, 0.25) is 0 Å². The Morgan fingerprint density at radius 3 is 2.84 bits per heavy atom. The molecule has 1 unspecified atom stereocenters. The molecule has 5 heteroatoms. The van der Waals surface area contributed by atoms with Gasteiger partial charge in [0.25, 0.3) is 0 Å². The first-order chi connectivity index (χ1) is 9.30. The highest BCUT2D eigenvalue weighted by atomic mass is 15.3. The molecule has 0 saturated carbocycles. The minimum atomic E-state index is 0.172. The van der Waals surface area contributed by atoms with Crippen LogP contribution >= 0.6 is 0 Å². The quantitative estimate of drug-likeness (QED) is 0.859. The predicted molar refractivity (Wildman–Crippen MR) is 74.8 cm³/mol. The minimum absolute atomic E-state index is 0.172. The highest BCUT2D eigenvalue weighted by molar-refractivity contribution is 5.23. The lowest BCUT2D eigenvalue weighted by Crippen LogP contribution is -2.23. The fourth-order valence-corrected chi connectivity index (χ4v) is 2.29. The van der Waals surface area contributed by atoms with Gasteiger partial charge in [-0.25, -0.2) is 4.98 Å². The Balaban J connectivity index is 2.25. The number of hydrogen-bond donors (Lipinski definition) is 1. The van der Waals surface area contributed by atoms with Gasteiger partial charge in [-0.1, -0.05) is 13.0 Å². The molecule has 102 valence electrons. The number of nitrogens with one attached hydrogen (secondary N) is 1. The molecule has 0 bridgehead atoms. The van der Waals surface area contributed by atoms with Crippen molar-refractivity contribution in [2.24, 2.45) is 0 Å². The first-order valence-electron chi connectivity index (χ1n) is 6.77. The summed E-state index contributed by atoms with van der Waals surface area (Å²) in [6.07, 6.45) is 5.25. The van der Waals surface area contributed by atoms with Crippen LogP contribution in [-0.2, 0) is 19.4 Å². The van der Waals surface area contributed by atoms with E-state index in [9.17, 15) is 0 Å². The van der Waals surface area contributed by atoms with Crippen LogP contribution in [0.4, 0.5) is 0 Å². The second-order valence-corrected chi connectivity index (χ2v) is 4.44. The van der Waals surface area contributed by atoms with E-state index in [0.717, 1.165) is 30.9 Å². The lowest BCUT2D eigenvalue weighted by Gasteiger charge is -2.18. The number of aryl methyl sites for hydroxylation is 2. The van der Waals surface area contributed by atoms with Gasteiger partial charge >= 0.3 is 0 Å². The molecule has 0 aliphatic rings. The van der Waals surface area contributed by atoms with Gasteiger partial charge in [-0.3, -0.25) is 9.67 Å². The normalized spacial score (nSPS) is 12.6. The van der Waals surface area contributed by atoms with Gasteiger partial charge in [-0.05, 0) is 32.0 Å². The van der Waals surface area contributed by atoms with Crippen LogP contribution in [0.15, 0.2) is 24.7 Å². The van der Waals surface area contributed by atoms with Gasteiger partial charge in [0.05, 0.1) is 11.7 Å². The SMILES string of the molecule is CCc1cccnc1C(Cc1ncnn1CC)NC. The molecule has 0 spiro atoms. The molecule has 0 saturated heterocycles. The maximum absolute atomic E-state index is 4.54. The molecule has 2 heterocycles. The molecule has 2 rings (SSSR count). The van der Waals surface area contributed by atoms with Crippen molar-refractivity contribution in [3.8, 4) is 0 Å². The zero-order valence-electron chi connectivity index (χ0n) is 11.8. The van der Waals surface area contributed by atoms with Crippen molar-refractivity contribution in [2.45, 2.75) is 39.3 Å². The number of likely N-dealkylation sites (N-methyl/N-ethyl adjacent to an activating group) is 1. The largest absolute Gasteiger partial charge is 0.311 e.